The molecule has 0 unspecified atom stereocenters. The molecule has 2 aromatic carbocycles. The molecule has 0 aliphatic rings. The van der Waals surface area contributed by atoms with E-state index in [0.717, 1.165) is 0 Å². The van der Waals surface area contributed by atoms with Gasteiger partial charge in [-0.1, -0.05) is 0 Å². The molecule has 0 aliphatic carbocycles. The van der Waals surface area contributed by atoms with Gasteiger partial charge in [0.2, 0.25) is 0 Å². The smallest absolute Gasteiger partial charge is 0.337 e. The molecule has 0 bridgehead atoms. The zero-order chi connectivity index (χ0) is 22.7. The lowest BCUT2D eigenvalue weighted by atomic mass is 10.0. The van der Waals surface area contributed by atoms with Gasteiger partial charge in [-0.15, -0.1) is 0 Å². The molecule has 0 radical (unpaired) electrons. The number of aliphatic hydroxyl groups is 2. The standard InChI is InChI=1S/C17H12Br4N2O7/c18-11-9(10(17(27)28)12(19)14(21)13(11)20)16(26)22-8(5-24)15(25)6-1-3-7(4-2-6)23(29)30/h1-4,8,15,24-25H,5H2,(H,22,26)(H,27,28)/t8-,15-/m0/s1. The van der Waals surface area contributed by atoms with Gasteiger partial charge in [-0.3, -0.25) is 14.9 Å². The number of aromatic carboxylic acids is 1. The summed E-state index contributed by atoms with van der Waals surface area (Å²) in [4.78, 5) is 34.8. The Labute approximate surface area is 203 Å². The van der Waals surface area contributed by atoms with E-state index in [9.17, 15) is 35.0 Å². The van der Waals surface area contributed by atoms with Crippen LogP contribution in [0.4, 0.5) is 5.69 Å². The van der Waals surface area contributed by atoms with E-state index in [1.807, 2.05) is 0 Å². The Hall–Kier alpha value is -1.38. The lowest BCUT2D eigenvalue weighted by Gasteiger charge is -2.24. The van der Waals surface area contributed by atoms with E-state index in [4.69, 9.17) is 0 Å². The van der Waals surface area contributed by atoms with Crippen LogP contribution in [0.25, 0.3) is 0 Å². The number of nitrogens with one attached hydrogen (secondary N) is 1. The maximum Gasteiger partial charge on any atom is 0.337 e. The van der Waals surface area contributed by atoms with Crippen LogP contribution in [0.2, 0.25) is 0 Å². The highest BCUT2D eigenvalue weighted by Gasteiger charge is 2.30. The molecule has 0 heterocycles. The first-order valence-corrected chi connectivity index (χ1v) is 11.1. The minimum absolute atomic E-state index is 0.117. The molecule has 13 heteroatoms. The quantitative estimate of drug-likeness (QED) is 0.149. The van der Waals surface area contributed by atoms with Crippen molar-refractivity contribution in [3.63, 3.8) is 0 Å². The van der Waals surface area contributed by atoms with Crippen molar-refractivity contribution in [1.29, 1.82) is 0 Å². The maximum absolute atomic E-state index is 12.9. The third-order valence-corrected chi connectivity index (χ3v) is 8.82. The molecule has 160 valence electrons. The van der Waals surface area contributed by atoms with Crippen molar-refractivity contribution in [2.24, 2.45) is 0 Å². The minimum Gasteiger partial charge on any atom is -0.478 e. The molecule has 2 aromatic rings. The summed E-state index contributed by atoms with van der Waals surface area (Å²) in [6.45, 7) is -0.678. The summed E-state index contributed by atoms with van der Waals surface area (Å²) < 4.78 is 1.01. The fourth-order valence-corrected chi connectivity index (χ4v) is 5.00. The Morgan fingerprint density at radius 3 is 1.93 bits per heavy atom. The van der Waals surface area contributed by atoms with Crippen molar-refractivity contribution >= 4 is 81.3 Å². The summed E-state index contributed by atoms with van der Waals surface area (Å²) in [5.74, 6) is -2.24. The number of carboxylic acid groups (broad SMARTS) is 1. The van der Waals surface area contributed by atoms with Crippen LogP contribution in [0.5, 0.6) is 0 Å². The van der Waals surface area contributed by atoms with Crippen LogP contribution in [-0.2, 0) is 0 Å². The number of hydrogen-bond donors (Lipinski definition) is 4. The molecule has 30 heavy (non-hydrogen) atoms. The number of rotatable bonds is 7. The summed E-state index contributed by atoms with van der Waals surface area (Å²) in [5, 5.41) is 42.9. The number of nitro groups is 1. The van der Waals surface area contributed by atoms with E-state index in [1.165, 1.54) is 24.3 Å². The molecule has 0 aromatic heterocycles. The van der Waals surface area contributed by atoms with Crippen LogP contribution in [0, 0.1) is 10.1 Å². The second-order valence-electron chi connectivity index (χ2n) is 5.87. The topological polar surface area (TPSA) is 150 Å². The Morgan fingerprint density at radius 2 is 1.50 bits per heavy atom. The van der Waals surface area contributed by atoms with Crippen molar-refractivity contribution in [3.05, 3.63) is 69.0 Å². The Balaban J connectivity index is 2.40. The van der Waals surface area contributed by atoms with E-state index >= 15 is 0 Å². The zero-order valence-electron chi connectivity index (χ0n) is 14.6. The van der Waals surface area contributed by atoms with E-state index in [2.05, 4.69) is 69.0 Å². The average Bonchev–Trinajstić information content (AvgIpc) is 2.71. The molecule has 2 rings (SSSR count). The van der Waals surface area contributed by atoms with Crippen LogP contribution >= 0.6 is 63.7 Å². The second kappa shape index (κ2) is 10.3. The van der Waals surface area contributed by atoms with Gasteiger partial charge in [0.15, 0.2) is 0 Å². The molecule has 0 spiro atoms. The molecule has 1 amide bonds. The number of carboxylic acids is 1. The predicted octanol–water partition coefficient (Wildman–Crippen LogP) is 4.17. The van der Waals surface area contributed by atoms with Crippen molar-refractivity contribution in [2.75, 3.05) is 6.61 Å². The van der Waals surface area contributed by atoms with Gasteiger partial charge in [0.25, 0.3) is 11.6 Å². The van der Waals surface area contributed by atoms with E-state index in [0.29, 0.717) is 8.95 Å². The maximum atomic E-state index is 12.9. The number of carbonyl (C=O) groups excluding carboxylic acids is 1. The van der Waals surface area contributed by atoms with Crippen LogP contribution in [0.3, 0.4) is 0 Å². The fourth-order valence-electron chi connectivity index (χ4n) is 2.54. The minimum atomic E-state index is -1.41. The Kier molecular flexibility index (Phi) is 8.53. The van der Waals surface area contributed by atoms with Crippen LogP contribution in [0.1, 0.15) is 32.4 Å². The first-order chi connectivity index (χ1) is 14.0. The highest BCUT2D eigenvalue weighted by Crippen LogP contribution is 2.42. The fraction of sp³-hybridized carbons (Fsp3) is 0.176. The van der Waals surface area contributed by atoms with E-state index in [-0.39, 0.29) is 31.3 Å². The lowest BCUT2D eigenvalue weighted by molar-refractivity contribution is -0.384. The first kappa shape index (κ1) is 24.9. The molecule has 0 saturated heterocycles. The average molecular weight is 676 g/mol. The van der Waals surface area contributed by atoms with Crippen LogP contribution in [-0.4, -0.2) is 44.8 Å². The summed E-state index contributed by atoms with van der Waals surface area (Å²) in [6.07, 6.45) is -1.41. The summed E-state index contributed by atoms with van der Waals surface area (Å²) in [7, 11) is 0. The van der Waals surface area contributed by atoms with E-state index < -0.39 is 35.6 Å². The largest absolute Gasteiger partial charge is 0.478 e. The zero-order valence-corrected chi connectivity index (χ0v) is 20.9. The van der Waals surface area contributed by atoms with Crippen molar-refractivity contribution < 1.29 is 29.8 Å². The third kappa shape index (κ3) is 5.08. The molecule has 0 aliphatic heterocycles. The Bertz CT molecular complexity index is 1010. The number of aliphatic hydroxyl groups excluding tert-OH is 2. The van der Waals surface area contributed by atoms with Gasteiger partial charge < -0.3 is 20.6 Å². The highest BCUT2D eigenvalue weighted by atomic mass is 79.9. The van der Waals surface area contributed by atoms with Gasteiger partial charge in [-0.25, -0.2) is 4.79 Å². The van der Waals surface area contributed by atoms with Crippen molar-refractivity contribution in [1.82, 2.24) is 5.32 Å². The molecular weight excluding hydrogens is 664 g/mol. The molecule has 4 N–H and O–H groups in total. The van der Waals surface area contributed by atoms with Crippen molar-refractivity contribution in [3.8, 4) is 0 Å². The van der Waals surface area contributed by atoms with Crippen LogP contribution in [0.15, 0.2) is 42.2 Å². The van der Waals surface area contributed by atoms with Gasteiger partial charge in [0, 0.05) is 30.0 Å². The summed E-state index contributed by atoms with van der Waals surface area (Å²) >= 11 is 12.8. The SMILES string of the molecule is O=C(O)c1c(Br)c(Br)c(Br)c(Br)c1C(=O)N[C@@H](CO)[C@@H](O)c1ccc([N+](=O)[O-])cc1. The third-order valence-electron chi connectivity index (χ3n) is 4.05. The lowest BCUT2D eigenvalue weighted by Crippen LogP contribution is -2.42. The molecule has 0 saturated carbocycles. The molecule has 9 nitrogen and oxygen atoms in total. The highest BCUT2D eigenvalue weighted by molar-refractivity contribution is 9.15. The number of nitrogens with zero attached hydrogens (tertiary/aromatic N) is 1. The molecule has 2 atom stereocenters. The number of non-ortho nitro benzene ring substituents is 1. The van der Waals surface area contributed by atoms with Crippen LogP contribution < -0.4 is 5.32 Å². The van der Waals surface area contributed by atoms with Crippen molar-refractivity contribution in [2.45, 2.75) is 12.1 Å². The second-order valence-corrected chi connectivity index (χ2v) is 9.04. The Morgan fingerprint density at radius 1 is 1.00 bits per heavy atom. The monoisotopic (exact) mass is 672 g/mol. The van der Waals surface area contributed by atoms with E-state index in [1.54, 1.807) is 0 Å². The number of benzene rings is 2. The van der Waals surface area contributed by atoms with Gasteiger partial charge >= 0.3 is 5.97 Å². The predicted molar refractivity (Wildman–Crippen MR) is 121 cm³/mol. The first-order valence-electron chi connectivity index (χ1n) is 7.94. The molecular formula is C17H12Br4N2O7. The van der Waals surface area contributed by atoms with Gasteiger partial charge in [-0.05, 0) is 81.4 Å². The number of amides is 1. The van der Waals surface area contributed by atoms with Gasteiger partial charge in [0.05, 0.1) is 28.7 Å². The number of carbonyl (C=O) groups is 2. The van der Waals surface area contributed by atoms with Gasteiger partial charge in [0.1, 0.15) is 6.10 Å². The summed E-state index contributed by atoms with van der Waals surface area (Å²) in [6, 6.07) is 3.73. The number of halogens is 4. The summed E-state index contributed by atoms with van der Waals surface area (Å²) in [5.41, 5.74) is -0.541. The number of hydrogen-bond acceptors (Lipinski definition) is 6. The van der Waals surface area contributed by atoms with Gasteiger partial charge in [-0.2, -0.15) is 0 Å². The number of nitro benzene ring substituents is 1. The normalized spacial score (nSPS) is 12.9. The molecule has 0 fully saturated rings.